The van der Waals surface area contributed by atoms with Crippen LogP contribution in [0.1, 0.15) is 32.6 Å². The van der Waals surface area contributed by atoms with Gasteiger partial charge in [-0.3, -0.25) is 9.59 Å². The van der Waals surface area contributed by atoms with Crippen LogP contribution in [0, 0.1) is 0 Å². The van der Waals surface area contributed by atoms with Gasteiger partial charge in [0.1, 0.15) is 6.04 Å². The van der Waals surface area contributed by atoms with Crippen LogP contribution < -0.4 is 0 Å². The summed E-state index contributed by atoms with van der Waals surface area (Å²) < 4.78 is 0. The predicted octanol–water partition coefficient (Wildman–Crippen LogP) is 0.620. The minimum atomic E-state index is -0.147. The first kappa shape index (κ1) is 10.5. The number of carbonyl (C=O) groups is 2. The van der Waals surface area contributed by atoms with Crippen LogP contribution in [0.15, 0.2) is 0 Å². The van der Waals surface area contributed by atoms with Gasteiger partial charge in [0.25, 0.3) is 0 Å². The molecule has 2 aliphatic rings. The van der Waals surface area contributed by atoms with E-state index in [0.29, 0.717) is 13.0 Å². The van der Waals surface area contributed by atoms with E-state index in [1.54, 1.807) is 4.90 Å². The molecule has 0 N–H and O–H groups in total. The van der Waals surface area contributed by atoms with Gasteiger partial charge in [-0.25, -0.2) is 0 Å². The van der Waals surface area contributed by atoms with E-state index in [0.717, 1.165) is 32.4 Å². The highest BCUT2D eigenvalue weighted by Crippen LogP contribution is 2.23. The van der Waals surface area contributed by atoms with Crippen molar-refractivity contribution in [3.05, 3.63) is 0 Å². The van der Waals surface area contributed by atoms with Crippen molar-refractivity contribution in [1.82, 2.24) is 9.80 Å². The molecule has 0 aromatic carbocycles. The lowest BCUT2D eigenvalue weighted by molar-refractivity contribution is -0.139. The third-order valence-electron chi connectivity index (χ3n) is 3.26. The fraction of sp³-hybridized carbons (Fsp3) is 0.818. The quantitative estimate of drug-likeness (QED) is 0.670. The lowest BCUT2D eigenvalue weighted by Gasteiger charge is -2.24. The molecule has 2 amide bonds. The van der Waals surface area contributed by atoms with E-state index >= 15 is 0 Å². The van der Waals surface area contributed by atoms with Crippen LogP contribution in [0.5, 0.6) is 0 Å². The number of carbonyl (C=O) groups excluding carboxylic acids is 2. The predicted molar refractivity (Wildman–Crippen MR) is 56.2 cm³/mol. The van der Waals surface area contributed by atoms with Crippen molar-refractivity contribution in [3.63, 3.8) is 0 Å². The van der Waals surface area contributed by atoms with Crippen LogP contribution in [0.25, 0.3) is 0 Å². The molecule has 2 heterocycles. The summed E-state index contributed by atoms with van der Waals surface area (Å²) in [6.07, 6.45) is 3.29. The Kier molecular flexibility index (Phi) is 2.93. The van der Waals surface area contributed by atoms with Crippen molar-refractivity contribution in [1.29, 1.82) is 0 Å². The number of hydrogen-bond donors (Lipinski definition) is 0. The molecule has 2 aliphatic heterocycles. The van der Waals surface area contributed by atoms with Crippen LogP contribution in [0.4, 0.5) is 0 Å². The van der Waals surface area contributed by atoms with Crippen LogP contribution in [-0.2, 0) is 9.59 Å². The molecule has 2 saturated heterocycles. The lowest BCUT2D eigenvalue weighted by atomic mass is 10.2. The van der Waals surface area contributed by atoms with Gasteiger partial charge in [0, 0.05) is 26.1 Å². The summed E-state index contributed by atoms with van der Waals surface area (Å²) in [4.78, 5) is 27.5. The fourth-order valence-electron chi connectivity index (χ4n) is 2.51. The van der Waals surface area contributed by atoms with E-state index in [4.69, 9.17) is 0 Å². The Morgan fingerprint density at radius 2 is 2.13 bits per heavy atom. The Morgan fingerprint density at radius 3 is 2.87 bits per heavy atom. The summed E-state index contributed by atoms with van der Waals surface area (Å²) in [7, 11) is 0. The molecule has 0 radical (unpaired) electrons. The molecular formula is C11H18N2O2. The van der Waals surface area contributed by atoms with Crippen molar-refractivity contribution in [2.24, 2.45) is 0 Å². The number of fused-ring (bicyclic) bond motifs is 1. The molecule has 0 aliphatic carbocycles. The molecule has 2 fully saturated rings. The van der Waals surface area contributed by atoms with Crippen LogP contribution in [0.3, 0.4) is 0 Å². The molecule has 0 spiro atoms. The lowest BCUT2D eigenvalue weighted by Crippen LogP contribution is -2.43. The molecule has 4 heteroatoms. The molecule has 0 aromatic rings. The van der Waals surface area contributed by atoms with E-state index in [9.17, 15) is 9.59 Å². The SMILES string of the molecule is CCCN1CCC(=O)N2CCCC2C1=O. The highest BCUT2D eigenvalue weighted by Gasteiger charge is 2.38. The summed E-state index contributed by atoms with van der Waals surface area (Å²) in [5.41, 5.74) is 0. The number of rotatable bonds is 2. The highest BCUT2D eigenvalue weighted by molar-refractivity contribution is 5.90. The second kappa shape index (κ2) is 4.21. The van der Waals surface area contributed by atoms with Crippen molar-refractivity contribution in [2.45, 2.75) is 38.6 Å². The van der Waals surface area contributed by atoms with Crippen molar-refractivity contribution < 1.29 is 9.59 Å². The van der Waals surface area contributed by atoms with Crippen LogP contribution >= 0.6 is 0 Å². The number of hydrogen-bond acceptors (Lipinski definition) is 2. The Morgan fingerprint density at radius 1 is 1.33 bits per heavy atom. The first-order valence-corrected chi connectivity index (χ1v) is 5.82. The molecule has 2 rings (SSSR count). The molecule has 4 nitrogen and oxygen atoms in total. The Bertz CT molecular complexity index is 278. The van der Waals surface area contributed by atoms with Crippen LogP contribution in [-0.4, -0.2) is 47.3 Å². The zero-order valence-electron chi connectivity index (χ0n) is 9.24. The second-order valence-electron chi connectivity index (χ2n) is 4.32. The minimum Gasteiger partial charge on any atom is -0.340 e. The first-order valence-electron chi connectivity index (χ1n) is 5.82. The maximum atomic E-state index is 12.1. The maximum absolute atomic E-state index is 12.1. The normalized spacial score (nSPS) is 26.9. The summed E-state index contributed by atoms with van der Waals surface area (Å²) in [6.45, 7) is 4.23. The average molecular weight is 210 g/mol. The number of amides is 2. The van der Waals surface area contributed by atoms with Crippen molar-refractivity contribution in [2.75, 3.05) is 19.6 Å². The van der Waals surface area contributed by atoms with Gasteiger partial charge in [-0.1, -0.05) is 6.92 Å². The van der Waals surface area contributed by atoms with Gasteiger partial charge in [-0.2, -0.15) is 0 Å². The largest absolute Gasteiger partial charge is 0.340 e. The van der Waals surface area contributed by atoms with E-state index in [2.05, 4.69) is 6.92 Å². The number of nitrogens with zero attached hydrogens (tertiary/aromatic N) is 2. The van der Waals surface area contributed by atoms with E-state index in [1.807, 2.05) is 4.90 Å². The molecule has 15 heavy (non-hydrogen) atoms. The third-order valence-corrected chi connectivity index (χ3v) is 3.26. The van der Waals surface area contributed by atoms with Gasteiger partial charge in [0.2, 0.25) is 11.8 Å². The van der Waals surface area contributed by atoms with Gasteiger partial charge in [-0.05, 0) is 19.3 Å². The van der Waals surface area contributed by atoms with Gasteiger partial charge in [0.05, 0.1) is 0 Å². The summed E-state index contributed by atoms with van der Waals surface area (Å²) in [5.74, 6) is 0.324. The monoisotopic (exact) mass is 210 g/mol. The topological polar surface area (TPSA) is 40.6 Å². The zero-order valence-corrected chi connectivity index (χ0v) is 9.24. The summed E-state index contributed by atoms with van der Waals surface area (Å²) >= 11 is 0. The van der Waals surface area contributed by atoms with E-state index in [-0.39, 0.29) is 17.9 Å². The van der Waals surface area contributed by atoms with Gasteiger partial charge >= 0.3 is 0 Å². The van der Waals surface area contributed by atoms with Crippen molar-refractivity contribution in [3.8, 4) is 0 Å². The molecular weight excluding hydrogens is 192 g/mol. The zero-order chi connectivity index (χ0) is 10.8. The molecule has 1 unspecified atom stereocenters. The van der Waals surface area contributed by atoms with Crippen molar-refractivity contribution >= 4 is 11.8 Å². The van der Waals surface area contributed by atoms with Gasteiger partial charge in [-0.15, -0.1) is 0 Å². The summed E-state index contributed by atoms with van der Waals surface area (Å²) in [6, 6.07) is -0.147. The highest BCUT2D eigenvalue weighted by atomic mass is 16.2. The minimum absolute atomic E-state index is 0.147. The second-order valence-corrected chi connectivity index (χ2v) is 4.32. The standard InChI is InChI=1S/C11H18N2O2/c1-2-6-12-8-5-10(14)13-7-3-4-9(13)11(12)15/h9H,2-8H2,1H3. The average Bonchev–Trinajstić information content (AvgIpc) is 2.67. The molecule has 1 atom stereocenters. The van der Waals surface area contributed by atoms with Gasteiger partial charge in [0.15, 0.2) is 0 Å². The fourth-order valence-corrected chi connectivity index (χ4v) is 2.51. The molecule has 0 bridgehead atoms. The van der Waals surface area contributed by atoms with Crippen LogP contribution in [0.2, 0.25) is 0 Å². The van der Waals surface area contributed by atoms with E-state index in [1.165, 1.54) is 0 Å². The Balaban J connectivity index is 2.15. The smallest absolute Gasteiger partial charge is 0.245 e. The molecule has 84 valence electrons. The maximum Gasteiger partial charge on any atom is 0.245 e. The first-order chi connectivity index (χ1) is 7.24. The van der Waals surface area contributed by atoms with Gasteiger partial charge < -0.3 is 9.80 Å². The third kappa shape index (κ3) is 1.85. The Hall–Kier alpha value is -1.06. The Labute approximate surface area is 90.2 Å². The molecule has 0 saturated carbocycles. The summed E-state index contributed by atoms with van der Waals surface area (Å²) in [5, 5.41) is 0. The molecule has 0 aromatic heterocycles. The van der Waals surface area contributed by atoms with E-state index < -0.39 is 0 Å².